The molecule has 0 spiro atoms. The molecule has 0 heterocycles. The van der Waals surface area contributed by atoms with Gasteiger partial charge in [-0.05, 0) is 6.92 Å². The number of rotatable bonds is 1. The molecular weight excluding hydrogens is 64.0 g/mol. The molecule has 1 nitrogen and oxygen atoms in total. The van der Waals surface area contributed by atoms with Crippen molar-refractivity contribution in [1.29, 1.82) is 0 Å². The van der Waals surface area contributed by atoms with Crippen LogP contribution in [0.25, 0.3) is 0 Å². The fourth-order valence-electron chi connectivity index (χ4n) is 0.0962. The summed E-state index contributed by atoms with van der Waals surface area (Å²) >= 11 is 0. The van der Waals surface area contributed by atoms with Crippen LogP contribution in [0.4, 0.5) is 0 Å². The first kappa shape index (κ1) is 4.70. The SMILES string of the molecule is C/C=C/C[O-]. The zero-order valence-electron chi connectivity index (χ0n) is 3.27. The first-order chi connectivity index (χ1) is 2.41. The Morgan fingerprint density at radius 1 is 1.80 bits per heavy atom. The molecule has 0 saturated heterocycles. The van der Waals surface area contributed by atoms with Crippen molar-refractivity contribution >= 4 is 0 Å². The van der Waals surface area contributed by atoms with Crippen molar-refractivity contribution in [2.24, 2.45) is 0 Å². The lowest BCUT2D eigenvalue weighted by Gasteiger charge is -1.86. The van der Waals surface area contributed by atoms with Crippen molar-refractivity contribution in [2.45, 2.75) is 6.92 Å². The Bertz CT molecular complexity index is 30.6. The van der Waals surface area contributed by atoms with Crippen LogP contribution in [0.2, 0.25) is 0 Å². The highest BCUT2D eigenvalue weighted by Gasteiger charge is 1.42. The summed E-state index contributed by atoms with van der Waals surface area (Å²) in [7, 11) is 0. The summed E-state index contributed by atoms with van der Waals surface area (Å²) < 4.78 is 0. The third-order valence-corrected chi connectivity index (χ3v) is 0.332. The van der Waals surface area contributed by atoms with Gasteiger partial charge in [0, 0.05) is 0 Å². The molecule has 0 unspecified atom stereocenters. The minimum absolute atomic E-state index is 0.0868. The number of hydrogen-bond acceptors (Lipinski definition) is 1. The molecule has 0 aliphatic heterocycles. The van der Waals surface area contributed by atoms with Crippen LogP contribution < -0.4 is 5.11 Å². The van der Waals surface area contributed by atoms with Gasteiger partial charge in [-0.1, -0.05) is 6.08 Å². The van der Waals surface area contributed by atoms with Crippen molar-refractivity contribution < 1.29 is 5.11 Å². The second-order valence-electron chi connectivity index (χ2n) is 0.736. The molecule has 0 aliphatic carbocycles. The summed E-state index contributed by atoms with van der Waals surface area (Å²) in [4.78, 5) is 0. The van der Waals surface area contributed by atoms with E-state index in [1.807, 2.05) is 6.92 Å². The van der Waals surface area contributed by atoms with E-state index in [4.69, 9.17) is 0 Å². The molecule has 0 radical (unpaired) electrons. The predicted octanol–water partition coefficient (Wildman–Crippen LogP) is -0.0772. The van der Waals surface area contributed by atoms with Gasteiger partial charge in [-0.2, -0.15) is 0 Å². The molecule has 0 aromatic carbocycles. The molecule has 0 aromatic heterocycles. The van der Waals surface area contributed by atoms with Gasteiger partial charge in [0.2, 0.25) is 0 Å². The lowest BCUT2D eigenvalue weighted by molar-refractivity contribution is -0.352. The Balaban J connectivity index is 2.62. The first-order valence-electron chi connectivity index (χ1n) is 1.61. The smallest absolute Gasteiger partial charge is 0.0470 e. The Kier molecular flexibility index (Phi) is 3.48. The summed E-state index contributed by atoms with van der Waals surface area (Å²) in [5, 5.41) is 9.44. The van der Waals surface area contributed by atoms with Gasteiger partial charge in [-0.15, -0.1) is 12.7 Å². The van der Waals surface area contributed by atoms with Crippen LogP contribution in [0.1, 0.15) is 6.92 Å². The normalized spacial score (nSPS) is 10.0. The van der Waals surface area contributed by atoms with Gasteiger partial charge in [-0.3, -0.25) is 0 Å². The highest BCUT2D eigenvalue weighted by molar-refractivity contribution is 4.73. The fourth-order valence-corrected chi connectivity index (χ4v) is 0.0962. The largest absolute Gasteiger partial charge is 0.851 e. The first-order valence-corrected chi connectivity index (χ1v) is 1.61. The molecular formula is C4H7O-. The van der Waals surface area contributed by atoms with E-state index in [1.165, 1.54) is 0 Å². The molecule has 0 aromatic rings. The minimum Gasteiger partial charge on any atom is -0.851 e. The molecule has 1 heteroatoms. The van der Waals surface area contributed by atoms with E-state index in [0.717, 1.165) is 0 Å². The van der Waals surface area contributed by atoms with Crippen molar-refractivity contribution in [1.82, 2.24) is 0 Å². The quantitative estimate of drug-likeness (QED) is 0.396. The second-order valence-corrected chi connectivity index (χ2v) is 0.736. The van der Waals surface area contributed by atoms with Gasteiger partial charge < -0.3 is 5.11 Å². The van der Waals surface area contributed by atoms with Crippen LogP contribution in [0, 0.1) is 0 Å². The zero-order chi connectivity index (χ0) is 4.12. The summed E-state index contributed by atoms with van der Waals surface area (Å²) in [6, 6.07) is 0. The van der Waals surface area contributed by atoms with Crippen LogP contribution in [0.3, 0.4) is 0 Å². The third-order valence-electron chi connectivity index (χ3n) is 0.332. The lowest BCUT2D eigenvalue weighted by Crippen LogP contribution is -1.99. The third kappa shape index (κ3) is 3.70. The Morgan fingerprint density at radius 3 is 2.40 bits per heavy atom. The van der Waals surface area contributed by atoms with E-state index >= 15 is 0 Å². The molecule has 0 saturated carbocycles. The van der Waals surface area contributed by atoms with E-state index < -0.39 is 0 Å². The number of hydrogen-bond donors (Lipinski definition) is 0. The van der Waals surface area contributed by atoms with Gasteiger partial charge >= 0.3 is 0 Å². The predicted molar refractivity (Wildman–Crippen MR) is 19.7 cm³/mol. The van der Waals surface area contributed by atoms with Crippen molar-refractivity contribution in [3.8, 4) is 0 Å². The standard InChI is InChI=1S/C4H7O/c1-2-3-4-5/h2-3H,4H2,1H3/q-1/b3-2+. The molecule has 0 atom stereocenters. The maximum Gasteiger partial charge on any atom is -0.0470 e. The van der Waals surface area contributed by atoms with Crippen LogP contribution >= 0.6 is 0 Å². The highest BCUT2D eigenvalue weighted by Crippen LogP contribution is 1.57. The molecule has 30 valence electrons. The average Bonchev–Trinajstić information content (AvgIpc) is 1.41. The summed E-state index contributed by atoms with van der Waals surface area (Å²) in [6.45, 7) is 1.74. The second kappa shape index (κ2) is 3.70. The van der Waals surface area contributed by atoms with Crippen LogP contribution in [0.15, 0.2) is 12.2 Å². The maximum atomic E-state index is 9.44. The van der Waals surface area contributed by atoms with E-state index in [-0.39, 0.29) is 6.61 Å². The van der Waals surface area contributed by atoms with Crippen molar-refractivity contribution in [2.75, 3.05) is 6.61 Å². The minimum atomic E-state index is -0.0868. The van der Waals surface area contributed by atoms with Crippen LogP contribution in [-0.2, 0) is 0 Å². The van der Waals surface area contributed by atoms with Gasteiger partial charge in [0.25, 0.3) is 0 Å². The molecule has 0 amide bonds. The molecule has 0 bridgehead atoms. The number of allylic oxidation sites excluding steroid dienone is 1. The van der Waals surface area contributed by atoms with Gasteiger partial charge in [0.15, 0.2) is 0 Å². The van der Waals surface area contributed by atoms with Crippen molar-refractivity contribution in [3.63, 3.8) is 0 Å². The van der Waals surface area contributed by atoms with E-state index in [9.17, 15) is 5.11 Å². The van der Waals surface area contributed by atoms with E-state index in [0.29, 0.717) is 0 Å². The monoisotopic (exact) mass is 71.1 g/mol. The summed E-state index contributed by atoms with van der Waals surface area (Å²) in [5.41, 5.74) is 0. The van der Waals surface area contributed by atoms with Crippen LogP contribution in [0.5, 0.6) is 0 Å². The topological polar surface area (TPSA) is 23.1 Å². The van der Waals surface area contributed by atoms with Gasteiger partial charge in [0.1, 0.15) is 0 Å². The molecule has 0 fully saturated rings. The average molecular weight is 71.1 g/mol. The van der Waals surface area contributed by atoms with Gasteiger partial charge in [-0.25, -0.2) is 0 Å². The lowest BCUT2D eigenvalue weighted by atomic mass is 10.6. The van der Waals surface area contributed by atoms with Crippen molar-refractivity contribution in [3.05, 3.63) is 12.2 Å². The summed E-state index contributed by atoms with van der Waals surface area (Å²) in [6.07, 6.45) is 3.31. The fraction of sp³-hybridized carbons (Fsp3) is 0.500. The van der Waals surface area contributed by atoms with E-state index in [2.05, 4.69) is 0 Å². The Labute approximate surface area is 31.9 Å². The molecule has 5 heavy (non-hydrogen) atoms. The molecule has 0 rings (SSSR count). The molecule has 0 aliphatic rings. The van der Waals surface area contributed by atoms with E-state index in [1.54, 1.807) is 12.2 Å². The van der Waals surface area contributed by atoms with Crippen LogP contribution in [-0.4, -0.2) is 6.61 Å². The Morgan fingerprint density at radius 2 is 2.40 bits per heavy atom. The molecule has 0 N–H and O–H groups in total. The maximum absolute atomic E-state index is 9.44. The zero-order valence-corrected chi connectivity index (χ0v) is 3.27. The highest BCUT2D eigenvalue weighted by atomic mass is 16.2. The van der Waals surface area contributed by atoms with Gasteiger partial charge in [0.05, 0.1) is 0 Å². The Hall–Kier alpha value is -0.300. The summed E-state index contributed by atoms with van der Waals surface area (Å²) in [5.74, 6) is 0.